The number of rotatable bonds is 8. The summed E-state index contributed by atoms with van der Waals surface area (Å²) in [6.45, 7) is 0. The average Bonchev–Trinajstić information content (AvgIpc) is 2.32. The van der Waals surface area contributed by atoms with E-state index in [1.165, 1.54) is 21.3 Å². The molecule has 0 spiro atoms. The van der Waals surface area contributed by atoms with E-state index in [9.17, 15) is 0 Å². The van der Waals surface area contributed by atoms with Gasteiger partial charge >= 0.3 is 123 Å². The van der Waals surface area contributed by atoms with Crippen molar-refractivity contribution in [3.8, 4) is 0 Å². The van der Waals surface area contributed by atoms with Crippen molar-refractivity contribution >= 4 is 55.2 Å². The van der Waals surface area contributed by atoms with Gasteiger partial charge in [-0.2, -0.15) is 0 Å². The Morgan fingerprint density at radius 2 is 1.25 bits per heavy atom. The number of hydrogen-bond acceptors (Lipinski definition) is 2. The van der Waals surface area contributed by atoms with Crippen molar-refractivity contribution in [2.24, 2.45) is 0 Å². The molecule has 0 aromatic heterocycles. The summed E-state index contributed by atoms with van der Waals surface area (Å²) in [6, 6.07) is 8.93. The van der Waals surface area contributed by atoms with Crippen LogP contribution in [0.1, 0.15) is 11.1 Å². The molecule has 0 atom stereocenters. The summed E-state index contributed by atoms with van der Waals surface area (Å²) in [5.74, 6) is 2.07. The van der Waals surface area contributed by atoms with Crippen LogP contribution in [0.3, 0.4) is 0 Å². The Morgan fingerprint density at radius 3 is 1.62 bits per heavy atom. The van der Waals surface area contributed by atoms with Crippen molar-refractivity contribution < 1.29 is 0 Å². The van der Waals surface area contributed by atoms with Gasteiger partial charge in [-0.25, -0.2) is 0 Å². The van der Waals surface area contributed by atoms with Crippen LogP contribution < -0.4 is 0 Å². The number of hydrogen-bond donors (Lipinski definition) is 2. The maximum atomic E-state index is 4.27. The van der Waals surface area contributed by atoms with Gasteiger partial charge in [0.1, 0.15) is 0 Å². The van der Waals surface area contributed by atoms with Crippen molar-refractivity contribution in [1.29, 1.82) is 0 Å². The average molecular weight is 384 g/mol. The van der Waals surface area contributed by atoms with E-state index in [1.807, 2.05) is 0 Å². The quantitative estimate of drug-likeness (QED) is 0.385. The van der Waals surface area contributed by atoms with Gasteiger partial charge in [-0.3, -0.25) is 0 Å². The second-order valence-corrected chi connectivity index (χ2v) is 8.85. The van der Waals surface area contributed by atoms with Crippen LogP contribution in [0.5, 0.6) is 0 Å². The summed E-state index contributed by atoms with van der Waals surface area (Å²) >= 11 is 10.0. The topological polar surface area (TPSA) is 0 Å². The zero-order chi connectivity index (χ0) is 11.6. The molecule has 0 N–H and O–H groups in total. The zero-order valence-electron chi connectivity index (χ0n) is 9.26. The van der Waals surface area contributed by atoms with Crippen LogP contribution in [0.4, 0.5) is 0 Å². The third kappa shape index (κ3) is 6.04. The summed E-state index contributed by atoms with van der Waals surface area (Å²) in [7, 11) is 0. The van der Waals surface area contributed by atoms with Crippen LogP contribution in [0.15, 0.2) is 24.3 Å². The van der Waals surface area contributed by atoms with E-state index >= 15 is 0 Å². The molecule has 90 valence electrons. The normalized spacial score (nSPS) is 10.6. The van der Waals surface area contributed by atoms with Gasteiger partial charge in [0.05, 0.1) is 0 Å². The van der Waals surface area contributed by atoms with E-state index in [-0.39, 0.29) is 0 Å². The molecule has 0 nitrogen and oxygen atoms in total. The molecule has 0 aliphatic heterocycles. The van der Waals surface area contributed by atoms with Gasteiger partial charge in [-0.15, -0.1) is 0 Å². The summed E-state index contributed by atoms with van der Waals surface area (Å²) in [6.07, 6.45) is 0. The Morgan fingerprint density at radius 1 is 0.812 bits per heavy atom. The van der Waals surface area contributed by atoms with Crippen molar-refractivity contribution in [2.75, 3.05) is 11.5 Å². The van der Waals surface area contributed by atoms with Gasteiger partial charge in [0.2, 0.25) is 0 Å². The fourth-order valence-electron chi connectivity index (χ4n) is 1.33. The number of benzene rings is 1. The summed E-state index contributed by atoms with van der Waals surface area (Å²) in [5, 5.41) is 5.12. The molecule has 1 aromatic rings. The summed E-state index contributed by atoms with van der Waals surface area (Å²) in [4.78, 5) is 0. The molecule has 0 heterocycles. The van der Waals surface area contributed by atoms with Crippen LogP contribution >= 0.6 is 25.3 Å². The number of thiol groups is 2. The zero-order valence-corrected chi connectivity index (χ0v) is 14.5. The Hall–Kier alpha value is 0.959. The Kier molecular flexibility index (Phi) is 9.33. The first-order valence-electron chi connectivity index (χ1n) is 5.32. The molecule has 0 amide bonds. The van der Waals surface area contributed by atoms with Gasteiger partial charge in [0, 0.05) is 0 Å². The summed E-state index contributed by atoms with van der Waals surface area (Å²) < 4.78 is 0. The molecular weight excluding hydrogens is 366 g/mol. The Balaban J connectivity index is 2.46. The fourth-order valence-corrected chi connectivity index (χ4v) is 5.93. The molecule has 0 saturated heterocycles. The first-order chi connectivity index (χ1) is 7.88. The first kappa shape index (κ1) is 15.0. The summed E-state index contributed by atoms with van der Waals surface area (Å²) in [5.41, 5.74) is 3.15. The van der Waals surface area contributed by atoms with E-state index < -0.39 is 0 Å². The second kappa shape index (κ2) is 9.94. The van der Waals surface area contributed by atoms with E-state index in [2.05, 4.69) is 49.5 Å². The van der Waals surface area contributed by atoms with E-state index in [4.69, 9.17) is 0 Å². The molecule has 0 fully saturated rings. The molecule has 16 heavy (non-hydrogen) atoms. The van der Waals surface area contributed by atoms with Crippen LogP contribution in [-0.4, -0.2) is 41.4 Å². The standard InChI is InChI=1S/C12H18S2Se2/c13-5-7-15-9-11-3-1-2-4-12(11)10-16-8-6-14/h1-4,13-14H,5-10H2. The minimum absolute atomic E-state index is 0.731. The van der Waals surface area contributed by atoms with E-state index in [0.29, 0.717) is 0 Å². The van der Waals surface area contributed by atoms with Crippen LogP contribution in [0.25, 0.3) is 0 Å². The Labute approximate surface area is 122 Å². The van der Waals surface area contributed by atoms with Crippen molar-refractivity contribution in [2.45, 2.75) is 21.3 Å². The van der Waals surface area contributed by atoms with Crippen LogP contribution in [0, 0.1) is 0 Å². The van der Waals surface area contributed by atoms with Crippen molar-refractivity contribution in [3.05, 3.63) is 35.4 Å². The molecule has 0 radical (unpaired) electrons. The third-order valence-corrected chi connectivity index (χ3v) is 8.14. The maximum absolute atomic E-state index is 4.27. The van der Waals surface area contributed by atoms with E-state index in [1.54, 1.807) is 11.1 Å². The second-order valence-electron chi connectivity index (χ2n) is 3.32. The van der Waals surface area contributed by atoms with Gasteiger partial charge in [-0.05, 0) is 0 Å². The van der Waals surface area contributed by atoms with Crippen molar-refractivity contribution in [3.63, 3.8) is 0 Å². The van der Waals surface area contributed by atoms with Crippen molar-refractivity contribution in [1.82, 2.24) is 0 Å². The minimum atomic E-state index is 0.731. The monoisotopic (exact) mass is 386 g/mol. The molecule has 0 unspecified atom stereocenters. The Bertz CT molecular complexity index is 263. The predicted molar refractivity (Wildman–Crippen MR) is 82.7 cm³/mol. The van der Waals surface area contributed by atoms with Crippen LogP contribution in [-0.2, 0) is 10.6 Å². The molecule has 4 heteroatoms. The molecular formula is C12H18S2Se2. The molecule has 0 bridgehead atoms. The van der Waals surface area contributed by atoms with Gasteiger partial charge in [0.15, 0.2) is 0 Å². The molecule has 0 aliphatic rings. The third-order valence-electron chi connectivity index (χ3n) is 2.10. The van der Waals surface area contributed by atoms with Crippen LogP contribution in [0.2, 0.25) is 10.6 Å². The SMILES string of the molecule is SCC[Se]Cc1ccccc1C[Se]CCS. The first-order valence-corrected chi connectivity index (χ1v) is 11.4. The molecule has 1 rings (SSSR count). The van der Waals surface area contributed by atoms with E-state index in [0.717, 1.165) is 41.4 Å². The predicted octanol–water partition coefficient (Wildman–Crippen LogP) is 2.79. The molecule has 1 aromatic carbocycles. The fraction of sp³-hybridized carbons (Fsp3) is 0.500. The van der Waals surface area contributed by atoms with Gasteiger partial charge in [-0.1, -0.05) is 0 Å². The van der Waals surface area contributed by atoms with Gasteiger partial charge in [0.25, 0.3) is 0 Å². The molecule has 0 saturated carbocycles. The van der Waals surface area contributed by atoms with Gasteiger partial charge < -0.3 is 0 Å². The molecule has 0 aliphatic carbocycles.